The van der Waals surface area contributed by atoms with Gasteiger partial charge in [0.25, 0.3) is 11.8 Å². The van der Waals surface area contributed by atoms with E-state index in [0.717, 1.165) is 11.1 Å². The quantitative estimate of drug-likeness (QED) is 0.331. The van der Waals surface area contributed by atoms with Crippen LogP contribution < -0.4 is 14.7 Å². The molecule has 2 amide bonds. The minimum absolute atomic E-state index is 0.0275. The molecule has 2 heterocycles. The third-order valence-corrected chi connectivity index (χ3v) is 5.72. The van der Waals surface area contributed by atoms with Crippen LogP contribution in [0.2, 0.25) is 0 Å². The van der Waals surface area contributed by atoms with Crippen molar-refractivity contribution in [2.45, 2.75) is 13.8 Å². The van der Waals surface area contributed by atoms with Gasteiger partial charge in [-0.15, -0.1) is 0 Å². The highest BCUT2D eigenvalue weighted by Crippen LogP contribution is 2.31. The summed E-state index contributed by atoms with van der Waals surface area (Å²) in [6.45, 7) is 3.97. The molecule has 0 saturated carbocycles. The fourth-order valence-electron chi connectivity index (χ4n) is 3.43. The maximum Gasteiger partial charge on any atom is 0.270 e. The molecule has 162 valence electrons. The zero-order valence-electron chi connectivity index (χ0n) is 18.3. The first-order chi connectivity index (χ1) is 15.3. The molecule has 0 aliphatic carbocycles. The minimum atomic E-state index is -0.492. The number of furan rings is 1. The second kappa shape index (κ2) is 8.43. The molecule has 0 N–H and O–H groups in total. The molecule has 2 aromatic carbocycles. The number of amides is 2. The van der Waals surface area contributed by atoms with Gasteiger partial charge in [0.05, 0.1) is 11.4 Å². The van der Waals surface area contributed by atoms with Gasteiger partial charge in [0, 0.05) is 20.2 Å². The number of carbonyl (C=O) groups is 2. The predicted molar refractivity (Wildman–Crippen MR) is 131 cm³/mol. The Morgan fingerprint density at radius 2 is 1.50 bits per heavy atom. The maximum absolute atomic E-state index is 13.5. The Kier molecular flexibility index (Phi) is 5.67. The number of hydrogen-bond acceptors (Lipinski definition) is 5. The molecule has 1 aromatic heterocycles. The molecule has 0 unspecified atom stereocenters. The van der Waals surface area contributed by atoms with Crippen LogP contribution in [0.4, 0.5) is 17.3 Å². The number of rotatable bonds is 4. The highest BCUT2D eigenvalue weighted by molar-refractivity contribution is 7.81. The molecule has 3 aromatic rings. The maximum atomic E-state index is 13.5. The van der Waals surface area contributed by atoms with E-state index in [4.69, 9.17) is 16.6 Å². The molecule has 0 bridgehead atoms. The standard InChI is InChI=1S/C25H23N3O3S/c1-16-10-11-19(14-17(16)2)28-24(30)21(15-20-12-13-22(31-20)26(3)4)23(29)27(25(28)32)18-8-6-5-7-9-18/h5-15H,1-4H3/b21-15-. The summed E-state index contributed by atoms with van der Waals surface area (Å²) in [4.78, 5) is 31.6. The molecule has 0 spiro atoms. The van der Waals surface area contributed by atoms with Gasteiger partial charge in [-0.05, 0) is 73.6 Å². The number of anilines is 3. The molecule has 1 aliphatic heterocycles. The van der Waals surface area contributed by atoms with Crippen LogP contribution in [0, 0.1) is 13.8 Å². The van der Waals surface area contributed by atoms with Crippen LogP contribution in [0.5, 0.6) is 0 Å². The van der Waals surface area contributed by atoms with Gasteiger partial charge in [-0.1, -0.05) is 24.3 Å². The van der Waals surface area contributed by atoms with Crippen molar-refractivity contribution in [2.75, 3.05) is 28.8 Å². The number of thiocarbonyl (C=S) groups is 1. The molecule has 1 aliphatic rings. The van der Waals surface area contributed by atoms with Crippen molar-refractivity contribution >= 4 is 52.5 Å². The summed E-state index contributed by atoms with van der Waals surface area (Å²) < 4.78 is 5.76. The Bertz CT molecular complexity index is 1240. The lowest BCUT2D eigenvalue weighted by atomic mass is 10.1. The Morgan fingerprint density at radius 3 is 2.09 bits per heavy atom. The second-order valence-corrected chi connectivity index (χ2v) is 8.16. The van der Waals surface area contributed by atoms with Gasteiger partial charge in [-0.3, -0.25) is 19.4 Å². The van der Waals surface area contributed by atoms with Gasteiger partial charge in [0.15, 0.2) is 11.0 Å². The van der Waals surface area contributed by atoms with E-state index in [1.165, 1.54) is 15.9 Å². The van der Waals surface area contributed by atoms with Gasteiger partial charge in [0.2, 0.25) is 0 Å². The highest BCUT2D eigenvalue weighted by Gasteiger charge is 2.41. The number of para-hydroxylation sites is 1. The lowest BCUT2D eigenvalue weighted by Crippen LogP contribution is -2.57. The fraction of sp³-hybridized carbons (Fsp3) is 0.160. The Hall–Kier alpha value is -3.71. The zero-order valence-corrected chi connectivity index (χ0v) is 19.1. The number of benzene rings is 2. The van der Waals surface area contributed by atoms with E-state index >= 15 is 0 Å². The van der Waals surface area contributed by atoms with Crippen LogP contribution in [-0.2, 0) is 9.59 Å². The molecular formula is C25H23N3O3S. The van der Waals surface area contributed by atoms with Crippen molar-refractivity contribution in [3.63, 3.8) is 0 Å². The van der Waals surface area contributed by atoms with Crippen molar-refractivity contribution < 1.29 is 14.0 Å². The summed E-state index contributed by atoms with van der Waals surface area (Å²) in [5.74, 6) is 0.0487. The molecule has 6 nitrogen and oxygen atoms in total. The van der Waals surface area contributed by atoms with E-state index in [1.807, 2.05) is 64.3 Å². The molecule has 32 heavy (non-hydrogen) atoms. The van der Waals surface area contributed by atoms with E-state index in [2.05, 4.69) is 0 Å². The Morgan fingerprint density at radius 1 is 0.844 bits per heavy atom. The lowest BCUT2D eigenvalue weighted by Gasteiger charge is -2.36. The fourth-order valence-corrected chi connectivity index (χ4v) is 3.81. The number of hydrogen-bond donors (Lipinski definition) is 0. The second-order valence-electron chi connectivity index (χ2n) is 7.80. The summed E-state index contributed by atoms with van der Waals surface area (Å²) in [5.41, 5.74) is 3.29. The van der Waals surface area contributed by atoms with E-state index in [-0.39, 0.29) is 10.7 Å². The van der Waals surface area contributed by atoms with Crippen LogP contribution >= 0.6 is 12.2 Å². The summed E-state index contributed by atoms with van der Waals surface area (Å²) in [6.07, 6.45) is 1.48. The van der Waals surface area contributed by atoms with E-state index in [1.54, 1.807) is 29.2 Å². The summed E-state index contributed by atoms with van der Waals surface area (Å²) in [5, 5.41) is 0.111. The first-order valence-corrected chi connectivity index (χ1v) is 10.5. The van der Waals surface area contributed by atoms with Crippen LogP contribution in [0.25, 0.3) is 6.08 Å². The predicted octanol–water partition coefficient (Wildman–Crippen LogP) is 4.71. The molecule has 7 heteroatoms. The summed E-state index contributed by atoms with van der Waals surface area (Å²) >= 11 is 5.65. The molecule has 0 radical (unpaired) electrons. The average Bonchev–Trinajstić information content (AvgIpc) is 3.24. The van der Waals surface area contributed by atoms with Crippen LogP contribution in [-0.4, -0.2) is 31.0 Å². The lowest BCUT2D eigenvalue weighted by molar-refractivity contribution is -0.120. The van der Waals surface area contributed by atoms with E-state index in [0.29, 0.717) is 23.0 Å². The van der Waals surface area contributed by atoms with Gasteiger partial charge in [-0.25, -0.2) is 0 Å². The van der Waals surface area contributed by atoms with Crippen LogP contribution in [0.15, 0.2) is 70.7 Å². The van der Waals surface area contributed by atoms with E-state index in [9.17, 15) is 9.59 Å². The third-order valence-electron chi connectivity index (χ3n) is 5.35. The normalized spacial score (nSPS) is 15.6. The highest BCUT2D eigenvalue weighted by atomic mass is 32.1. The first kappa shape index (κ1) is 21.5. The van der Waals surface area contributed by atoms with Crippen molar-refractivity contribution in [1.29, 1.82) is 0 Å². The first-order valence-electron chi connectivity index (χ1n) is 10.1. The van der Waals surface area contributed by atoms with E-state index < -0.39 is 11.8 Å². The zero-order chi connectivity index (χ0) is 23.0. The minimum Gasteiger partial charge on any atom is -0.441 e. The third kappa shape index (κ3) is 3.83. The topological polar surface area (TPSA) is 57.0 Å². The molecule has 4 rings (SSSR count). The monoisotopic (exact) mass is 445 g/mol. The Balaban J connectivity index is 1.85. The van der Waals surface area contributed by atoms with Gasteiger partial charge in [0.1, 0.15) is 11.3 Å². The van der Waals surface area contributed by atoms with Gasteiger partial charge >= 0.3 is 0 Å². The number of aryl methyl sites for hydroxylation is 2. The number of nitrogens with zero attached hydrogens (tertiary/aromatic N) is 3. The Labute approximate surface area is 192 Å². The molecule has 0 atom stereocenters. The largest absolute Gasteiger partial charge is 0.441 e. The average molecular weight is 446 g/mol. The van der Waals surface area contributed by atoms with Gasteiger partial charge < -0.3 is 9.32 Å². The summed E-state index contributed by atoms with van der Waals surface area (Å²) in [7, 11) is 3.70. The van der Waals surface area contributed by atoms with Crippen LogP contribution in [0.1, 0.15) is 16.9 Å². The van der Waals surface area contributed by atoms with Gasteiger partial charge in [-0.2, -0.15) is 0 Å². The molecule has 1 saturated heterocycles. The van der Waals surface area contributed by atoms with Crippen LogP contribution in [0.3, 0.4) is 0 Å². The molecule has 1 fully saturated rings. The van der Waals surface area contributed by atoms with Crippen molar-refractivity contribution in [3.05, 3.63) is 83.1 Å². The van der Waals surface area contributed by atoms with Crippen molar-refractivity contribution in [2.24, 2.45) is 0 Å². The van der Waals surface area contributed by atoms with Crippen molar-refractivity contribution in [1.82, 2.24) is 0 Å². The summed E-state index contributed by atoms with van der Waals surface area (Å²) in [6, 6.07) is 18.2. The number of carbonyl (C=O) groups excluding carboxylic acids is 2. The smallest absolute Gasteiger partial charge is 0.270 e. The molecular weight excluding hydrogens is 422 g/mol. The SMILES string of the molecule is Cc1ccc(N2C(=O)/C(=C\c3ccc(N(C)C)o3)C(=O)N(c3ccccc3)C2=S)cc1C. The van der Waals surface area contributed by atoms with Crippen molar-refractivity contribution in [3.8, 4) is 0 Å².